The predicted octanol–water partition coefficient (Wildman–Crippen LogP) is 2.28. The maximum absolute atomic E-state index is 12.7. The molecule has 6 heteroatoms. The molecule has 1 aliphatic rings. The monoisotopic (exact) mass is 320 g/mol. The molecule has 0 bridgehead atoms. The van der Waals surface area contributed by atoms with Crippen LogP contribution < -0.4 is 10.6 Å². The van der Waals surface area contributed by atoms with Crippen molar-refractivity contribution >= 4 is 11.7 Å². The van der Waals surface area contributed by atoms with Gasteiger partial charge in [-0.05, 0) is 24.1 Å². The zero-order valence-electron chi connectivity index (χ0n) is 13.0. The lowest BCUT2D eigenvalue weighted by Gasteiger charge is -2.15. The molecule has 120 valence electrons. The molecule has 1 aromatic heterocycles. The molecular formula is C18H16N4O2. The number of carbonyl (C=O) groups excluding carboxylic acids is 1. The van der Waals surface area contributed by atoms with Gasteiger partial charge in [0, 0.05) is 12.2 Å². The van der Waals surface area contributed by atoms with E-state index in [1.165, 1.54) is 9.36 Å². The van der Waals surface area contributed by atoms with Crippen LogP contribution in [-0.4, -0.2) is 20.4 Å². The summed E-state index contributed by atoms with van der Waals surface area (Å²) in [5.41, 5.74) is 1.54. The molecule has 0 unspecified atom stereocenters. The van der Waals surface area contributed by atoms with Crippen LogP contribution in [0.25, 0.3) is 0 Å². The van der Waals surface area contributed by atoms with Crippen molar-refractivity contribution < 1.29 is 4.79 Å². The van der Waals surface area contributed by atoms with Crippen LogP contribution in [0, 0.1) is 0 Å². The van der Waals surface area contributed by atoms with E-state index in [1.807, 2.05) is 60.7 Å². The summed E-state index contributed by atoms with van der Waals surface area (Å²) < 4.78 is 2.83. The lowest BCUT2D eigenvalue weighted by Crippen LogP contribution is -2.34. The molecule has 0 spiro atoms. The molecule has 0 saturated heterocycles. The maximum Gasteiger partial charge on any atom is 0.364 e. The second-order valence-electron chi connectivity index (χ2n) is 5.69. The second-order valence-corrected chi connectivity index (χ2v) is 5.69. The van der Waals surface area contributed by atoms with Gasteiger partial charge >= 0.3 is 11.7 Å². The summed E-state index contributed by atoms with van der Waals surface area (Å²) in [6, 6.07) is 19.0. The van der Waals surface area contributed by atoms with Crippen molar-refractivity contribution in [2.75, 3.05) is 4.90 Å². The molecule has 0 N–H and O–H groups in total. The fourth-order valence-electron chi connectivity index (χ4n) is 2.96. The van der Waals surface area contributed by atoms with Crippen LogP contribution in [0.3, 0.4) is 0 Å². The van der Waals surface area contributed by atoms with Crippen molar-refractivity contribution in [3.05, 3.63) is 82.5 Å². The molecule has 0 fully saturated rings. The molecule has 4 rings (SSSR count). The Balaban J connectivity index is 1.62. The normalized spacial score (nSPS) is 13.3. The van der Waals surface area contributed by atoms with E-state index in [1.54, 1.807) is 4.90 Å². The molecule has 6 nitrogen and oxygen atoms in total. The van der Waals surface area contributed by atoms with E-state index in [0.717, 1.165) is 11.3 Å². The highest BCUT2D eigenvalue weighted by atomic mass is 16.2. The Morgan fingerprint density at radius 3 is 2.29 bits per heavy atom. The van der Waals surface area contributed by atoms with E-state index >= 15 is 0 Å². The molecule has 1 amide bonds. The summed E-state index contributed by atoms with van der Waals surface area (Å²) >= 11 is 0. The SMILES string of the molecule is O=C1N(c2ccccc2)Cc2nc(=O)n(CCc3ccccc3)n21. The van der Waals surface area contributed by atoms with Gasteiger partial charge in [0.15, 0.2) is 5.82 Å². The fraction of sp³-hybridized carbons (Fsp3) is 0.167. The minimum Gasteiger partial charge on any atom is -0.285 e. The summed E-state index contributed by atoms with van der Waals surface area (Å²) in [7, 11) is 0. The number of benzene rings is 2. The van der Waals surface area contributed by atoms with Gasteiger partial charge in [-0.2, -0.15) is 9.67 Å². The first-order valence-corrected chi connectivity index (χ1v) is 7.83. The third-order valence-corrected chi connectivity index (χ3v) is 4.17. The van der Waals surface area contributed by atoms with Gasteiger partial charge in [-0.3, -0.25) is 4.90 Å². The standard InChI is InChI=1S/C18H16N4O2/c23-17-19-16-13-20(15-9-5-2-6-10-15)18(24)22(16)21(17)12-11-14-7-3-1-4-8-14/h1-10H,11-13H2. The molecule has 3 aromatic rings. The number of aryl methyl sites for hydroxylation is 1. The van der Waals surface area contributed by atoms with E-state index in [2.05, 4.69) is 4.98 Å². The van der Waals surface area contributed by atoms with Gasteiger partial charge in [0.05, 0.1) is 6.54 Å². The van der Waals surface area contributed by atoms with Crippen LogP contribution in [0.4, 0.5) is 10.5 Å². The first-order chi connectivity index (χ1) is 11.7. The summed E-state index contributed by atoms with van der Waals surface area (Å²) in [4.78, 5) is 30.5. The summed E-state index contributed by atoms with van der Waals surface area (Å²) in [5, 5.41) is 0. The smallest absolute Gasteiger partial charge is 0.285 e. The number of hydrogen-bond acceptors (Lipinski definition) is 3. The maximum atomic E-state index is 12.7. The molecular weight excluding hydrogens is 304 g/mol. The van der Waals surface area contributed by atoms with Crippen LogP contribution >= 0.6 is 0 Å². The molecule has 1 aliphatic heterocycles. The van der Waals surface area contributed by atoms with E-state index in [4.69, 9.17) is 0 Å². The van der Waals surface area contributed by atoms with E-state index < -0.39 is 0 Å². The Kier molecular flexibility index (Phi) is 3.49. The molecule has 0 saturated carbocycles. The minimum atomic E-state index is -0.373. The van der Waals surface area contributed by atoms with Crippen molar-refractivity contribution in [3.63, 3.8) is 0 Å². The number of para-hydroxylation sites is 1. The highest BCUT2D eigenvalue weighted by Crippen LogP contribution is 2.22. The lowest BCUT2D eigenvalue weighted by atomic mass is 10.1. The largest absolute Gasteiger partial charge is 0.364 e. The van der Waals surface area contributed by atoms with Gasteiger partial charge in [0.25, 0.3) is 0 Å². The van der Waals surface area contributed by atoms with E-state index in [-0.39, 0.29) is 11.7 Å². The van der Waals surface area contributed by atoms with Crippen LogP contribution in [0.1, 0.15) is 11.4 Å². The topological polar surface area (TPSA) is 60.1 Å². The average Bonchev–Trinajstić information content (AvgIpc) is 3.10. The Morgan fingerprint density at radius 1 is 0.917 bits per heavy atom. The number of fused-ring (bicyclic) bond motifs is 1. The van der Waals surface area contributed by atoms with Gasteiger partial charge in [-0.25, -0.2) is 14.3 Å². The lowest BCUT2D eigenvalue weighted by molar-refractivity contribution is 0.244. The van der Waals surface area contributed by atoms with Crippen molar-refractivity contribution in [2.45, 2.75) is 19.5 Å². The highest BCUT2D eigenvalue weighted by Gasteiger charge is 2.32. The van der Waals surface area contributed by atoms with Crippen molar-refractivity contribution in [2.24, 2.45) is 0 Å². The van der Waals surface area contributed by atoms with Gasteiger partial charge in [-0.15, -0.1) is 0 Å². The van der Waals surface area contributed by atoms with E-state index in [0.29, 0.717) is 25.3 Å². The number of nitrogens with zero attached hydrogens (tertiary/aromatic N) is 4. The number of anilines is 1. The Morgan fingerprint density at radius 2 is 1.58 bits per heavy atom. The fourth-order valence-corrected chi connectivity index (χ4v) is 2.96. The summed E-state index contributed by atoms with van der Waals surface area (Å²) in [6.07, 6.45) is 0.671. The van der Waals surface area contributed by atoms with Crippen LogP contribution in [-0.2, 0) is 19.5 Å². The minimum absolute atomic E-state index is 0.237. The molecule has 2 aromatic carbocycles. The van der Waals surface area contributed by atoms with Crippen LogP contribution in [0.15, 0.2) is 65.5 Å². The van der Waals surface area contributed by atoms with Crippen LogP contribution in [0.2, 0.25) is 0 Å². The number of aromatic nitrogens is 3. The quantitative estimate of drug-likeness (QED) is 0.741. The Hall–Kier alpha value is -3.15. The predicted molar refractivity (Wildman–Crippen MR) is 90.1 cm³/mol. The van der Waals surface area contributed by atoms with Crippen molar-refractivity contribution in [1.82, 2.24) is 14.3 Å². The number of amides is 1. The number of rotatable bonds is 4. The first kappa shape index (κ1) is 14.4. The first-order valence-electron chi connectivity index (χ1n) is 7.83. The van der Waals surface area contributed by atoms with Gasteiger partial charge in [0.1, 0.15) is 0 Å². The zero-order valence-corrected chi connectivity index (χ0v) is 13.0. The second kappa shape index (κ2) is 5.81. The van der Waals surface area contributed by atoms with Gasteiger partial charge in [-0.1, -0.05) is 48.5 Å². The Bertz CT molecular complexity index is 929. The van der Waals surface area contributed by atoms with Gasteiger partial charge < -0.3 is 0 Å². The third-order valence-electron chi connectivity index (χ3n) is 4.17. The zero-order chi connectivity index (χ0) is 16.5. The summed E-state index contributed by atoms with van der Waals surface area (Å²) in [5.74, 6) is 0.488. The molecule has 24 heavy (non-hydrogen) atoms. The third kappa shape index (κ3) is 2.42. The molecule has 0 aliphatic carbocycles. The molecule has 2 heterocycles. The van der Waals surface area contributed by atoms with Crippen LogP contribution in [0.5, 0.6) is 0 Å². The Labute approximate surface area is 138 Å². The van der Waals surface area contributed by atoms with Crippen molar-refractivity contribution in [1.29, 1.82) is 0 Å². The number of carbonyl (C=O) groups is 1. The van der Waals surface area contributed by atoms with Gasteiger partial charge in [0.2, 0.25) is 0 Å². The molecule has 0 atom stereocenters. The average molecular weight is 320 g/mol. The highest BCUT2D eigenvalue weighted by molar-refractivity contribution is 5.95. The summed E-state index contributed by atoms with van der Waals surface area (Å²) in [6.45, 7) is 0.737. The van der Waals surface area contributed by atoms with E-state index in [9.17, 15) is 9.59 Å². The van der Waals surface area contributed by atoms with Crippen molar-refractivity contribution in [3.8, 4) is 0 Å². The molecule has 0 radical (unpaired) electrons. The number of hydrogen-bond donors (Lipinski definition) is 0.